The van der Waals surface area contributed by atoms with Gasteiger partial charge in [0.05, 0.1) is 0 Å². The molecule has 0 heterocycles. The lowest BCUT2D eigenvalue weighted by Gasteiger charge is -2.27. The Balaban J connectivity index is 1.18. The van der Waals surface area contributed by atoms with Crippen molar-refractivity contribution in [3.63, 3.8) is 0 Å². The summed E-state index contributed by atoms with van der Waals surface area (Å²) >= 11 is 0. The number of hydrogen-bond acceptors (Lipinski definition) is 1. The molecule has 55 heavy (non-hydrogen) atoms. The molecule has 0 atom stereocenters. The van der Waals surface area contributed by atoms with Gasteiger partial charge in [0.1, 0.15) is 0 Å². The minimum atomic E-state index is 1.10. The lowest BCUT2D eigenvalue weighted by molar-refractivity contribution is 1.28. The summed E-state index contributed by atoms with van der Waals surface area (Å²) in [7, 11) is 0. The Hall–Kier alpha value is -7.22. The van der Waals surface area contributed by atoms with E-state index in [2.05, 4.69) is 229 Å². The van der Waals surface area contributed by atoms with Gasteiger partial charge in [-0.3, -0.25) is 0 Å². The first-order chi connectivity index (χ1) is 27.3. The maximum Gasteiger partial charge on any atom is 0.0468 e. The number of rotatable bonds is 7. The first kappa shape index (κ1) is 32.4. The lowest BCUT2D eigenvalue weighted by Crippen LogP contribution is -2.10. The molecule has 0 unspecified atom stereocenters. The van der Waals surface area contributed by atoms with E-state index in [1.54, 1.807) is 0 Å². The molecule has 10 rings (SSSR count). The highest BCUT2D eigenvalue weighted by Crippen LogP contribution is 2.45. The van der Waals surface area contributed by atoms with Crippen LogP contribution in [0.1, 0.15) is 0 Å². The van der Waals surface area contributed by atoms with Crippen LogP contribution in [-0.4, -0.2) is 0 Å². The SMILES string of the molecule is c1ccc(-c2ccc(N(c3ccc(-c4ccccc4)cc3)c3ccc(-c4cc5c6ccccc6ccc5c5ccccc45)c(-c4ccccc4)c3)cc2)cc1. The third-order valence-corrected chi connectivity index (χ3v) is 10.9. The normalized spacial score (nSPS) is 11.3. The van der Waals surface area contributed by atoms with E-state index >= 15 is 0 Å². The Morgan fingerprint density at radius 3 is 1.27 bits per heavy atom. The molecule has 0 spiro atoms. The van der Waals surface area contributed by atoms with Gasteiger partial charge < -0.3 is 4.90 Å². The second kappa shape index (κ2) is 14.0. The summed E-state index contributed by atoms with van der Waals surface area (Å²) in [5, 5.41) is 7.59. The molecule has 10 aromatic rings. The molecule has 0 aromatic heterocycles. The van der Waals surface area contributed by atoms with Crippen molar-refractivity contribution in [1.29, 1.82) is 0 Å². The van der Waals surface area contributed by atoms with E-state index < -0.39 is 0 Å². The van der Waals surface area contributed by atoms with Gasteiger partial charge in [-0.2, -0.15) is 0 Å². The van der Waals surface area contributed by atoms with Gasteiger partial charge in [0.15, 0.2) is 0 Å². The zero-order valence-corrected chi connectivity index (χ0v) is 30.3. The second-order valence-corrected chi connectivity index (χ2v) is 14.1. The van der Waals surface area contributed by atoms with Crippen LogP contribution in [0.15, 0.2) is 224 Å². The summed E-state index contributed by atoms with van der Waals surface area (Å²) in [5.41, 5.74) is 12.9. The minimum absolute atomic E-state index is 1.10. The van der Waals surface area contributed by atoms with Crippen LogP contribution >= 0.6 is 0 Å². The topological polar surface area (TPSA) is 3.24 Å². The molecule has 0 N–H and O–H groups in total. The summed E-state index contributed by atoms with van der Waals surface area (Å²) in [6.45, 7) is 0. The van der Waals surface area contributed by atoms with Crippen LogP contribution < -0.4 is 4.90 Å². The van der Waals surface area contributed by atoms with Crippen LogP contribution in [0.25, 0.3) is 76.8 Å². The fourth-order valence-corrected chi connectivity index (χ4v) is 8.16. The zero-order valence-electron chi connectivity index (χ0n) is 30.3. The van der Waals surface area contributed by atoms with Crippen molar-refractivity contribution in [3.8, 4) is 44.5 Å². The van der Waals surface area contributed by atoms with E-state index in [0.29, 0.717) is 0 Å². The maximum absolute atomic E-state index is 2.42. The van der Waals surface area contributed by atoms with Crippen molar-refractivity contribution < 1.29 is 0 Å². The van der Waals surface area contributed by atoms with Gasteiger partial charge in [-0.25, -0.2) is 0 Å². The number of anilines is 3. The quantitative estimate of drug-likeness (QED) is 0.150. The van der Waals surface area contributed by atoms with Crippen LogP contribution in [0.4, 0.5) is 17.1 Å². The molecule has 0 radical (unpaired) electrons. The van der Waals surface area contributed by atoms with Gasteiger partial charge in [-0.15, -0.1) is 0 Å². The smallest absolute Gasteiger partial charge is 0.0468 e. The van der Waals surface area contributed by atoms with Crippen LogP contribution in [0.3, 0.4) is 0 Å². The third-order valence-electron chi connectivity index (χ3n) is 10.9. The Morgan fingerprint density at radius 2 is 0.673 bits per heavy atom. The van der Waals surface area contributed by atoms with Crippen LogP contribution in [0.2, 0.25) is 0 Å². The highest BCUT2D eigenvalue weighted by molar-refractivity contribution is 6.21. The molecule has 0 bridgehead atoms. The summed E-state index contributed by atoms with van der Waals surface area (Å²) < 4.78 is 0. The van der Waals surface area contributed by atoms with Crippen molar-refractivity contribution in [3.05, 3.63) is 224 Å². The summed E-state index contributed by atoms with van der Waals surface area (Å²) in [4.78, 5) is 2.38. The zero-order chi connectivity index (χ0) is 36.6. The lowest BCUT2D eigenvalue weighted by atomic mass is 9.87. The molecule has 0 aliphatic heterocycles. The van der Waals surface area contributed by atoms with Crippen LogP contribution in [-0.2, 0) is 0 Å². The van der Waals surface area contributed by atoms with E-state index in [1.807, 2.05) is 0 Å². The van der Waals surface area contributed by atoms with Gasteiger partial charge >= 0.3 is 0 Å². The average molecular weight is 700 g/mol. The van der Waals surface area contributed by atoms with Gasteiger partial charge in [0.25, 0.3) is 0 Å². The minimum Gasteiger partial charge on any atom is -0.310 e. The second-order valence-electron chi connectivity index (χ2n) is 14.1. The number of hydrogen-bond donors (Lipinski definition) is 0. The monoisotopic (exact) mass is 699 g/mol. The Morgan fingerprint density at radius 1 is 0.218 bits per heavy atom. The molecule has 0 aliphatic carbocycles. The predicted molar refractivity (Wildman–Crippen MR) is 235 cm³/mol. The van der Waals surface area contributed by atoms with E-state index in [1.165, 1.54) is 76.8 Å². The first-order valence-corrected chi connectivity index (χ1v) is 18.9. The third kappa shape index (κ3) is 6.02. The van der Waals surface area contributed by atoms with Crippen molar-refractivity contribution in [1.82, 2.24) is 0 Å². The van der Waals surface area contributed by atoms with Gasteiger partial charge in [-0.05, 0) is 119 Å². The number of nitrogens with zero attached hydrogens (tertiary/aromatic N) is 1. The predicted octanol–water partition coefficient (Wildman–Crippen LogP) is 15.3. The van der Waals surface area contributed by atoms with Gasteiger partial charge in [-0.1, -0.05) is 182 Å². The van der Waals surface area contributed by atoms with E-state index in [0.717, 1.165) is 17.1 Å². The Bertz CT molecular complexity index is 2850. The molecule has 1 nitrogen and oxygen atoms in total. The number of fused-ring (bicyclic) bond motifs is 5. The van der Waals surface area contributed by atoms with Crippen LogP contribution in [0, 0.1) is 0 Å². The number of benzene rings is 10. The molecular formula is C54H37N. The van der Waals surface area contributed by atoms with Crippen molar-refractivity contribution in [2.75, 3.05) is 4.90 Å². The molecular weight excluding hydrogens is 663 g/mol. The van der Waals surface area contributed by atoms with Gasteiger partial charge in [0, 0.05) is 17.1 Å². The molecule has 0 saturated heterocycles. The van der Waals surface area contributed by atoms with E-state index in [4.69, 9.17) is 0 Å². The molecule has 10 aromatic carbocycles. The van der Waals surface area contributed by atoms with Crippen molar-refractivity contribution >= 4 is 49.4 Å². The Labute approximate surface area is 322 Å². The fraction of sp³-hybridized carbons (Fsp3) is 0. The summed E-state index contributed by atoms with van der Waals surface area (Å²) in [5.74, 6) is 0. The summed E-state index contributed by atoms with van der Waals surface area (Å²) in [6, 6.07) is 81.5. The van der Waals surface area contributed by atoms with Gasteiger partial charge in [0.2, 0.25) is 0 Å². The highest BCUT2D eigenvalue weighted by atomic mass is 15.1. The fourth-order valence-electron chi connectivity index (χ4n) is 8.16. The average Bonchev–Trinajstić information content (AvgIpc) is 3.27. The molecule has 0 aliphatic rings. The van der Waals surface area contributed by atoms with E-state index in [-0.39, 0.29) is 0 Å². The Kier molecular flexibility index (Phi) is 8.24. The summed E-state index contributed by atoms with van der Waals surface area (Å²) in [6.07, 6.45) is 0. The molecule has 0 fully saturated rings. The highest BCUT2D eigenvalue weighted by Gasteiger charge is 2.19. The van der Waals surface area contributed by atoms with Crippen molar-refractivity contribution in [2.24, 2.45) is 0 Å². The molecule has 258 valence electrons. The molecule has 0 saturated carbocycles. The first-order valence-electron chi connectivity index (χ1n) is 18.9. The maximum atomic E-state index is 2.42. The standard InChI is InChI=1S/C54H37N/c1-4-14-38(15-5-1)40-24-29-44(30-25-40)55(45-31-26-41(27-32-45)39-16-6-2-7-17-39)46-33-35-51(52(36-46)42-18-8-3-9-19-42)54-37-53-47-21-11-10-20-43(47)28-34-50(53)48-22-12-13-23-49(48)54/h1-37H. The molecule has 1 heteroatoms. The van der Waals surface area contributed by atoms with Crippen molar-refractivity contribution in [2.45, 2.75) is 0 Å². The van der Waals surface area contributed by atoms with E-state index in [9.17, 15) is 0 Å². The largest absolute Gasteiger partial charge is 0.310 e. The molecule has 0 amide bonds. The van der Waals surface area contributed by atoms with Crippen LogP contribution in [0.5, 0.6) is 0 Å².